The lowest BCUT2D eigenvalue weighted by Gasteiger charge is -2.09. The number of nitrogens with one attached hydrogen (secondary N) is 1. The fourth-order valence-electron chi connectivity index (χ4n) is 2.53. The molecule has 3 rings (SSSR count). The maximum Gasteiger partial charge on any atom is 0.234 e. The lowest BCUT2D eigenvalue weighted by molar-refractivity contribution is -0.113. The van der Waals surface area contributed by atoms with Crippen molar-refractivity contribution in [3.63, 3.8) is 0 Å². The molecule has 1 amide bonds. The summed E-state index contributed by atoms with van der Waals surface area (Å²) in [5.74, 6) is 0.849. The van der Waals surface area contributed by atoms with Gasteiger partial charge in [-0.1, -0.05) is 41.0 Å². The van der Waals surface area contributed by atoms with Crippen molar-refractivity contribution in [2.24, 2.45) is 0 Å². The number of thiophene rings is 1. The molecule has 0 atom stereocenters. The summed E-state index contributed by atoms with van der Waals surface area (Å²) in [6, 6.07) is 5.13. The molecule has 3 aromatic rings. The SMILES string of the molecule is CCn1c(SCC(=O)Nc2cccc(Cl)c2Cl)nnc1-c1csc(C)c1C. The topological polar surface area (TPSA) is 59.8 Å². The van der Waals surface area contributed by atoms with Crippen molar-refractivity contribution in [3.05, 3.63) is 44.1 Å². The van der Waals surface area contributed by atoms with Crippen molar-refractivity contribution in [1.29, 1.82) is 0 Å². The number of hydrogen-bond acceptors (Lipinski definition) is 5. The zero-order valence-corrected chi connectivity index (χ0v) is 18.2. The minimum absolute atomic E-state index is 0.182. The summed E-state index contributed by atoms with van der Waals surface area (Å²) < 4.78 is 2.03. The first-order valence-electron chi connectivity index (χ1n) is 8.27. The Kier molecular flexibility index (Phi) is 6.47. The highest BCUT2D eigenvalue weighted by molar-refractivity contribution is 7.99. The van der Waals surface area contributed by atoms with Crippen molar-refractivity contribution in [1.82, 2.24) is 14.8 Å². The summed E-state index contributed by atoms with van der Waals surface area (Å²) in [7, 11) is 0. The van der Waals surface area contributed by atoms with Crippen LogP contribution in [0.15, 0.2) is 28.7 Å². The van der Waals surface area contributed by atoms with E-state index in [0.29, 0.717) is 20.9 Å². The standard InChI is InChI=1S/C18H18Cl2N4OS2/c1-4-24-17(12-8-26-11(3)10(12)2)22-23-18(24)27-9-15(25)21-14-7-5-6-13(19)16(14)20/h5-8H,4,9H2,1-3H3,(H,21,25). The molecular weight excluding hydrogens is 423 g/mol. The second-order valence-corrected chi connectivity index (χ2v) is 8.63. The van der Waals surface area contributed by atoms with Crippen LogP contribution in [0, 0.1) is 13.8 Å². The van der Waals surface area contributed by atoms with E-state index in [-0.39, 0.29) is 11.7 Å². The van der Waals surface area contributed by atoms with Gasteiger partial charge in [0.1, 0.15) is 0 Å². The summed E-state index contributed by atoms with van der Waals surface area (Å²) in [5, 5.41) is 14.9. The fraction of sp³-hybridized carbons (Fsp3) is 0.278. The van der Waals surface area contributed by atoms with Crippen LogP contribution in [-0.2, 0) is 11.3 Å². The van der Waals surface area contributed by atoms with Gasteiger partial charge in [0.05, 0.1) is 21.5 Å². The van der Waals surface area contributed by atoms with E-state index >= 15 is 0 Å². The van der Waals surface area contributed by atoms with E-state index in [4.69, 9.17) is 23.2 Å². The van der Waals surface area contributed by atoms with Gasteiger partial charge in [-0.25, -0.2) is 0 Å². The molecule has 2 heterocycles. The number of aryl methyl sites for hydroxylation is 1. The lowest BCUT2D eigenvalue weighted by atomic mass is 10.1. The molecule has 1 N–H and O–H groups in total. The van der Waals surface area contributed by atoms with Crippen molar-refractivity contribution in [2.45, 2.75) is 32.5 Å². The van der Waals surface area contributed by atoms with E-state index < -0.39 is 0 Å². The van der Waals surface area contributed by atoms with Crippen LogP contribution in [0.3, 0.4) is 0 Å². The maximum absolute atomic E-state index is 12.3. The number of benzene rings is 1. The smallest absolute Gasteiger partial charge is 0.234 e. The third kappa shape index (κ3) is 4.32. The van der Waals surface area contributed by atoms with E-state index in [2.05, 4.69) is 34.7 Å². The number of nitrogens with zero attached hydrogens (tertiary/aromatic N) is 3. The van der Waals surface area contributed by atoms with Gasteiger partial charge in [0.2, 0.25) is 5.91 Å². The van der Waals surface area contributed by atoms with Crippen LogP contribution in [0.4, 0.5) is 5.69 Å². The summed E-state index contributed by atoms with van der Waals surface area (Å²) in [4.78, 5) is 13.6. The van der Waals surface area contributed by atoms with E-state index in [0.717, 1.165) is 17.9 Å². The molecule has 0 saturated heterocycles. The molecule has 5 nitrogen and oxygen atoms in total. The third-order valence-corrected chi connectivity index (χ3v) is 6.92. The minimum Gasteiger partial charge on any atom is -0.324 e. The Morgan fingerprint density at radius 3 is 2.74 bits per heavy atom. The molecule has 1 aromatic carbocycles. The third-order valence-electron chi connectivity index (χ3n) is 4.12. The van der Waals surface area contributed by atoms with Crippen molar-refractivity contribution < 1.29 is 4.79 Å². The van der Waals surface area contributed by atoms with Crippen LogP contribution in [0.2, 0.25) is 10.0 Å². The highest BCUT2D eigenvalue weighted by Crippen LogP contribution is 2.32. The molecule has 9 heteroatoms. The first-order chi connectivity index (χ1) is 12.9. The second-order valence-electron chi connectivity index (χ2n) is 5.82. The number of hydrogen-bond donors (Lipinski definition) is 1. The second kappa shape index (κ2) is 8.65. The number of carbonyl (C=O) groups excluding carboxylic acids is 1. The van der Waals surface area contributed by atoms with Gasteiger partial charge in [0.15, 0.2) is 11.0 Å². The summed E-state index contributed by atoms with van der Waals surface area (Å²) in [6.45, 7) is 6.94. The largest absolute Gasteiger partial charge is 0.324 e. The number of carbonyl (C=O) groups is 1. The molecule has 27 heavy (non-hydrogen) atoms. The summed E-state index contributed by atoms with van der Waals surface area (Å²) in [5.41, 5.74) is 2.80. The van der Waals surface area contributed by atoms with Crippen molar-refractivity contribution >= 4 is 57.9 Å². The molecule has 0 aliphatic carbocycles. The lowest BCUT2D eigenvalue weighted by Crippen LogP contribution is -2.15. The van der Waals surface area contributed by atoms with Crippen LogP contribution in [0.25, 0.3) is 11.4 Å². The van der Waals surface area contributed by atoms with E-state index in [1.165, 1.54) is 22.2 Å². The van der Waals surface area contributed by atoms with E-state index in [1.807, 2.05) is 11.5 Å². The van der Waals surface area contributed by atoms with Gasteiger partial charge in [-0.2, -0.15) is 0 Å². The van der Waals surface area contributed by atoms with Crippen LogP contribution in [-0.4, -0.2) is 26.4 Å². The molecule has 0 aliphatic rings. The highest BCUT2D eigenvalue weighted by Gasteiger charge is 2.18. The van der Waals surface area contributed by atoms with Crippen LogP contribution >= 0.6 is 46.3 Å². The van der Waals surface area contributed by atoms with Crippen LogP contribution < -0.4 is 5.32 Å². The van der Waals surface area contributed by atoms with E-state index in [9.17, 15) is 4.79 Å². The predicted molar refractivity (Wildman–Crippen MR) is 114 cm³/mol. The van der Waals surface area contributed by atoms with Gasteiger partial charge in [0.25, 0.3) is 0 Å². The molecule has 142 valence electrons. The fourth-order valence-corrected chi connectivity index (χ4v) is 4.54. The molecule has 0 radical (unpaired) electrons. The highest BCUT2D eigenvalue weighted by atomic mass is 35.5. The minimum atomic E-state index is -0.182. The van der Waals surface area contributed by atoms with E-state index in [1.54, 1.807) is 29.5 Å². The van der Waals surface area contributed by atoms with Gasteiger partial charge in [-0.05, 0) is 38.5 Å². The quantitative estimate of drug-likeness (QED) is 0.500. The van der Waals surface area contributed by atoms with Gasteiger partial charge < -0.3 is 9.88 Å². The van der Waals surface area contributed by atoms with Crippen molar-refractivity contribution in [3.8, 4) is 11.4 Å². The zero-order valence-electron chi connectivity index (χ0n) is 15.0. The van der Waals surface area contributed by atoms with Gasteiger partial charge in [-0.3, -0.25) is 4.79 Å². The Morgan fingerprint density at radius 1 is 1.30 bits per heavy atom. The first kappa shape index (κ1) is 20.2. The molecule has 0 fully saturated rings. The molecule has 0 bridgehead atoms. The zero-order chi connectivity index (χ0) is 19.6. The van der Waals surface area contributed by atoms with Gasteiger partial charge >= 0.3 is 0 Å². The Balaban J connectivity index is 1.72. The van der Waals surface area contributed by atoms with Crippen LogP contribution in [0.1, 0.15) is 17.4 Å². The molecular formula is C18H18Cl2N4OS2. The average Bonchev–Trinajstić information content (AvgIpc) is 3.20. The number of halogens is 2. The van der Waals surface area contributed by atoms with Crippen LogP contribution in [0.5, 0.6) is 0 Å². The molecule has 0 aliphatic heterocycles. The number of rotatable bonds is 6. The number of amides is 1. The van der Waals surface area contributed by atoms with Gasteiger partial charge in [-0.15, -0.1) is 21.5 Å². The summed E-state index contributed by atoms with van der Waals surface area (Å²) in [6.07, 6.45) is 0. The Bertz CT molecular complexity index is 984. The molecule has 2 aromatic heterocycles. The Morgan fingerprint density at radius 2 is 2.07 bits per heavy atom. The Labute approximate surface area is 176 Å². The predicted octanol–water partition coefficient (Wildman–Crippen LogP) is 5.68. The average molecular weight is 441 g/mol. The number of thioether (sulfide) groups is 1. The monoisotopic (exact) mass is 440 g/mol. The molecule has 0 unspecified atom stereocenters. The van der Waals surface area contributed by atoms with Crippen molar-refractivity contribution in [2.75, 3.05) is 11.1 Å². The number of aromatic nitrogens is 3. The first-order valence-corrected chi connectivity index (χ1v) is 10.9. The maximum atomic E-state index is 12.3. The Hall–Kier alpha value is -1.54. The number of anilines is 1. The molecule has 0 saturated carbocycles. The van der Waals surface area contributed by atoms with Gasteiger partial charge in [0, 0.05) is 22.4 Å². The molecule has 0 spiro atoms. The normalized spacial score (nSPS) is 11.0. The summed E-state index contributed by atoms with van der Waals surface area (Å²) >= 11 is 15.1.